The minimum atomic E-state index is -5.84. The summed E-state index contributed by atoms with van der Waals surface area (Å²) in [6.07, 6.45) is 0.314. The third kappa shape index (κ3) is 11.1. The number of rotatable bonds is 14. The average Bonchev–Trinajstić information content (AvgIpc) is 3.00. The molecule has 0 saturated heterocycles. The van der Waals surface area contributed by atoms with E-state index in [1.807, 2.05) is 0 Å². The van der Waals surface area contributed by atoms with Crippen LogP contribution in [0.1, 0.15) is 56.0 Å². The van der Waals surface area contributed by atoms with Crippen LogP contribution in [0.15, 0.2) is 66.7 Å². The minimum Gasteiger partial charge on any atom is -0.376 e. The van der Waals surface area contributed by atoms with E-state index in [9.17, 15) is 57.6 Å². The van der Waals surface area contributed by atoms with Gasteiger partial charge in [-0.3, -0.25) is 14.4 Å². The van der Waals surface area contributed by atoms with Crippen molar-refractivity contribution < 1.29 is 65.9 Å². The molecule has 0 bridgehead atoms. The summed E-state index contributed by atoms with van der Waals surface area (Å²) < 4.78 is 128. The van der Waals surface area contributed by atoms with Gasteiger partial charge in [0, 0.05) is 35.8 Å². The number of carbonyl (C=O) groups excluding carboxylic acids is 3. The molecule has 0 aliphatic carbocycles. The first-order valence-electron chi connectivity index (χ1n) is 14.3. The Bertz CT molecular complexity index is 1790. The van der Waals surface area contributed by atoms with Gasteiger partial charge in [-0.2, -0.15) is 43.2 Å². The molecule has 0 spiro atoms. The Balaban J connectivity index is 1.65. The molecule has 0 saturated carbocycles. The van der Waals surface area contributed by atoms with Gasteiger partial charge < -0.3 is 24.3 Å². The molecule has 0 unspecified atom stereocenters. The monoisotopic (exact) mass is 753 g/mol. The molecule has 0 radical (unpaired) electrons. The minimum absolute atomic E-state index is 0.00417. The van der Waals surface area contributed by atoms with E-state index < -0.39 is 60.5 Å². The number of hydrogen-bond acceptors (Lipinski definition) is 9. The summed E-state index contributed by atoms with van der Waals surface area (Å²) in [6.45, 7) is 3.39. The Hall–Kier alpha value is -4.85. The molecule has 3 rings (SSSR count). The fourth-order valence-electron chi connectivity index (χ4n) is 3.98. The van der Waals surface area contributed by atoms with Crippen molar-refractivity contribution in [3.05, 3.63) is 94.5 Å². The first kappa shape index (κ1) is 39.6. The van der Waals surface area contributed by atoms with Crippen LogP contribution in [0.4, 0.5) is 26.3 Å². The second-order valence-electron chi connectivity index (χ2n) is 10.7. The van der Waals surface area contributed by atoms with Crippen molar-refractivity contribution in [1.29, 1.82) is 0 Å². The van der Waals surface area contributed by atoms with Gasteiger partial charge >= 0.3 is 31.3 Å². The van der Waals surface area contributed by atoms with E-state index in [1.165, 1.54) is 42.5 Å². The number of nitrogens with one attached hydrogen (secondary N) is 3. The zero-order valence-electron chi connectivity index (χ0n) is 26.0. The zero-order chi connectivity index (χ0) is 37.5. The molecular weight excluding hydrogens is 724 g/mol. The molecule has 20 heteroatoms. The van der Waals surface area contributed by atoms with Crippen molar-refractivity contribution in [1.82, 2.24) is 16.0 Å². The van der Waals surface area contributed by atoms with Crippen LogP contribution < -0.4 is 24.3 Å². The van der Waals surface area contributed by atoms with Crippen LogP contribution >= 0.6 is 0 Å². The fraction of sp³-hybridized carbons (Fsp3) is 0.300. The number of hydrogen-bond donors (Lipinski definition) is 3. The van der Waals surface area contributed by atoms with Crippen LogP contribution in [-0.2, 0) is 33.1 Å². The van der Waals surface area contributed by atoms with E-state index in [0.717, 1.165) is 24.3 Å². The molecular formula is C30H29F6N3O9S2. The number of amides is 3. The highest BCUT2D eigenvalue weighted by Crippen LogP contribution is 2.28. The SMILES string of the molecule is CC(C)NC(=O)c1cc(C(=O)NCCc2ccc(OS(=O)(=O)C(F)(F)F)cc2)cc(C(=O)NCCc2ccc(OS(=O)(=O)C(F)(F)F)cc2)c1. The first-order chi connectivity index (χ1) is 23.1. The number of carbonyl (C=O) groups is 3. The molecule has 0 fully saturated rings. The Labute approximate surface area is 282 Å². The Morgan fingerprint density at radius 1 is 0.600 bits per heavy atom. The summed E-state index contributed by atoms with van der Waals surface area (Å²) in [6, 6.07) is 12.7. The topological polar surface area (TPSA) is 174 Å². The maximum atomic E-state index is 13.0. The van der Waals surface area contributed by atoms with Crippen molar-refractivity contribution in [2.45, 2.75) is 43.7 Å². The summed E-state index contributed by atoms with van der Waals surface area (Å²) in [5.74, 6) is -3.06. The van der Waals surface area contributed by atoms with E-state index in [2.05, 4.69) is 24.3 Å². The van der Waals surface area contributed by atoms with Gasteiger partial charge in [0.1, 0.15) is 11.5 Å². The lowest BCUT2D eigenvalue weighted by molar-refractivity contribution is -0.0504. The van der Waals surface area contributed by atoms with Gasteiger partial charge in [-0.25, -0.2) is 0 Å². The highest BCUT2D eigenvalue weighted by Gasteiger charge is 2.49. The molecule has 3 amide bonds. The number of alkyl halides is 6. The molecule has 0 aliphatic heterocycles. The highest BCUT2D eigenvalue weighted by molar-refractivity contribution is 7.88. The van der Waals surface area contributed by atoms with Crippen LogP contribution in [-0.4, -0.2) is 64.7 Å². The summed E-state index contributed by atoms with van der Waals surface area (Å²) in [5.41, 5.74) is -10.3. The summed E-state index contributed by atoms with van der Waals surface area (Å²) in [7, 11) is -11.7. The lowest BCUT2D eigenvalue weighted by Gasteiger charge is -2.13. The fourth-order valence-corrected chi connectivity index (χ4v) is 4.90. The van der Waals surface area contributed by atoms with Crippen LogP contribution in [0.25, 0.3) is 0 Å². The molecule has 3 N–H and O–H groups in total. The predicted octanol–water partition coefficient (Wildman–Crippen LogP) is 4.23. The first-order valence-corrected chi connectivity index (χ1v) is 17.1. The summed E-state index contributed by atoms with van der Waals surface area (Å²) in [5, 5.41) is 7.84. The van der Waals surface area contributed by atoms with E-state index >= 15 is 0 Å². The molecule has 50 heavy (non-hydrogen) atoms. The molecule has 272 valence electrons. The van der Waals surface area contributed by atoms with Crippen LogP contribution in [0, 0.1) is 0 Å². The summed E-state index contributed by atoms with van der Waals surface area (Å²) in [4.78, 5) is 38.7. The third-order valence-electron chi connectivity index (χ3n) is 6.36. The predicted molar refractivity (Wildman–Crippen MR) is 165 cm³/mol. The Morgan fingerprint density at radius 3 is 1.22 bits per heavy atom. The van der Waals surface area contributed by atoms with E-state index in [0.29, 0.717) is 11.1 Å². The van der Waals surface area contributed by atoms with Crippen LogP contribution in [0.5, 0.6) is 11.5 Å². The molecule has 12 nitrogen and oxygen atoms in total. The zero-order valence-corrected chi connectivity index (χ0v) is 27.6. The van der Waals surface area contributed by atoms with Crippen molar-refractivity contribution in [2.75, 3.05) is 13.1 Å². The second kappa shape index (κ2) is 15.8. The highest BCUT2D eigenvalue weighted by atomic mass is 32.2. The normalized spacial score (nSPS) is 12.3. The third-order valence-corrected chi connectivity index (χ3v) is 8.32. The maximum absolute atomic E-state index is 13.0. The van der Waals surface area contributed by atoms with E-state index in [1.54, 1.807) is 13.8 Å². The molecule has 0 heterocycles. The van der Waals surface area contributed by atoms with Gasteiger partial charge in [-0.15, -0.1) is 0 Å². The lowest BCUT2D eigenvalue weighted by atomic mass is 10.0. The number of halogens is 6. The molecule has 0 atom stereocenters. The van der Waals surface area contributed by atoms with Crippen molar-refractivity contribution in [3.8, 4) is 11.5 Å². The van der Waals surface area contributed by atoms with Gasteiger partial charge in [0.2, 0.25) is 0 Å². The maximum Gasteiger partial charge on any atom is 0.534 e. The van der Waals surface area contributed by atoms with Gasteiger partial charge in [-0.05, 0) is 80.3 Å². The van der Waals surface area contributed by atoms with E-state index in [-0.39, 0.29) is 48.7 Å². The quantitative estimate of drug-likeness (QED) is 0.124. The van der Waals surface area contributed by atoms with Crippen molar-refractivity contribution >= 4 is 38.0 Å². The van der Waals surface area contributed by atoms with Crippen LogP contribution in [0.2, 0.25) is 0 Å². The molecule has 0 aliphatic rings. The van der Waals surface area contributed by atoms with E-state index in [4.69, 9.17) is 0 Å². The van der Waals surface area contributed by atoms with Crippen molar-refractivity contribution in [3.63, 3.8) is 0 Å². The van der Waals surface area contributed by atoms with Gasteiger partial charge in [0.25, 0.3) is 17.7 Å². The molecule has 0 aromatic heterocycles. The summed E-state index contributed by atoms with van der Waals surface area (Å²) >= 11 is 0. The lowest BCUT2D eigenvalue weighted by Crippen LogP contribution is -2.32. The largest absolute Gasteiger partial charge is 0.534 e. The Kier molecular flexibility index (Phi) is 12.5. The van der Waals surface area contributed by atoms with Gasteiger partial charge in [0.15, 0.2) is 0 Å². The van der Waals surface area contributed by atoms with Gasteiger partial charge in [0.05, 0.1) is 0 Å². The van der Waals surface area contributed by atoms with Gasteiger partial charge in [-0.1, -0.05) is 24.3 Å². The standard InChI is InChI=1S/C30H29F6N3O9S2/c1-18(2)39-28(42)23-16-21(26(40)37-13-11-19-3-7-24(8-4-19)47-49(43,44)29(31,32)33)15-22(17-23)27(41)38-14-12-20-5-9-25(10-6-20)48-50(45,46)30(34,35)36/h3-10,15-18H,11-14H2,1-2H3,(H,37,40)(H,38,41)(H,39,42). The average molecular weight is 754 g/mol. The second-order valence-corrected chi connectivity index (χ2v) is 13.8. The van der Waals surface area contributed by atoms with Crippen LogP contribution in [0.3, 0.4) is 0 Å². The molecule has 3 aromatic rings. The Morgan fingerprint density at radius 2 is 0.920 bits per heavy atom. The molecule has 3 aromatic carbocycles. The van der Waals surface area contributed by atoms with Crippen molar-refractivity contribution in [2.24, 2.45) is 0 Å². The number of benzene rings is 3. The smallest absolute Gasteiger partial charge is 0.376 e.